The first kappa shape index (κ1) is 22.9. The standard InChI is InChI=1S/C22H28O6S2/c1-17-7-11-21(12-8-17)29(23,24)27-15-19-5-3-4-6-20(19)16-28-30(25,26)22-13-9-18(2)10-14-22/h7-14,19-20H,3-6,15-16H2,1-2H3/t19-,20-/m1/s1. The van der Waals surface area contributed by atoms with Crippen molar-refractivity contribution in [1.82, 2.24) is 0 Å². The lowest BCUT2D eigenvalue weighted by atomic mass is 9.80. The molecule has 2 aromatic rings. The van der Waals surface area contributed by atoms with Gasteiger partial charge in [-0.1, -0.05) is 48.2 Å². The zero-order chi connectivity index (χ0) is 21.8. The molecule has 164 valence electrons. The van der Waals surface area contributed by atoms with E-state index < -0.39 is 20.2 Å². The number of hydrogen-bond donors (Lipinski definition) is 0. The molecule has 6 nitrogen and oxygen atoms in total. The molecular weight excluding hydrogens is 424 g/mol. The zero-order valence-corrected chi connectivity index (χ0v) is 18.9. The molecule has 0 unspecified atom stereocenters. The van der Waals surface area contributed by atoms with Crippen LogP contribution in [0.5, 0.6) is 0 Å². The van der Waals surface area contributed by atoms with Crippen LogP contribution in [0.25, 0.3) is 0 Å². The highest BCUT2D eigenvalue weighted by Gasteiger charge is 2.30. The minimum absolute atomic E-state index is 0.0226. The van der Waals surface area contributed by atoms with E-state index in [0.717, 1.165) is 36.8 Å². The van der Waals surface area contributed by atoms with Gasteiger partial charge in [-0.3, -0.25) is 8.37 Å². The minimum Gasteiger partial charge on any atom is -0.266 e. The molecule has 0 aromatic heterocycles. The third-order valence-corrected chi connectivity index (χ3v) is 8.15. The van der Waals surface area contributed by atoms with Gasteiger partial charge in [-0.25, -0.2) is 0 Å². The number of benzene rings is 2. The fourth-order valence-corrected chi connectivity index (χ4v) is 5.54. The molecule has 2 aromatic carbocycles. The Morgan fingerprint density at radius 3 is 1.33 bits per heavy atom. The van der Waals surface area contributed by atoms with E-state index in [1.54, 1.807) is 24.3 Å². The van der Waals surface area contributed by atoms with Gasteiger partial charge in [0, 0.05) is 0 Å². The lowest BCUT2D eigenvalue weighted by Crippen LogP contribution is -2.29. The van der Waals surface area contributed by atoms with Crippen LogP contribution in [0.3, 0.4) is 0 Å². The summed E-state index contributed by atoms with van der Waals surface area (Å²) in [6.07, 6.45) is 3.48. The second-order valence-corrected chi connectivity index (χ2v) is 11.1. The highest BCUT2D eigenvalue weighted by atomic mass is 32.2. The van der Waals surface area contributed by atoms with Gasteiger partial charge in [0.15, 0.2) is 0 Å². The monoisotopic (exact) mass is 452 g/mol. The predicted molar refractivity (Wildman–Crippen MR) is 114 cm³/mol. The molecule has 0 spiro atoms. The van der Waals surface area contributed by atoms with E-state index in [9.17, 15) is 16.8 Å². The van der Waals surface area contributed by atoms with Gasteiger partial charge in [-0.2, -0.15) is 16.8 Å². The number of hydrogen-bond acceptors (Lipinski definition) is 6. The summed E-state index contributed by atoms with van der Waals surface area (Å²) in [7, 11) is -7.70. The average molecular weight is 453 g/mol. The van der Waals surface area contributed by atoms with E-state index in [1.165, 1.54) is 24.3 Å². The molecule has 30 heavy (non-hydrogen) atoms. The Labute approximate surface area is 179 Å². The molecular formula is C22H28O6S2. The Bertz CT molecular complexity index is 954. The molecule has 8 heteroatoms. The first-order valence-electron chi connectivity index (χ1n) is 10.1. The van der Waals surface area contributed by atoms with Crippen molar-refractivity contribution in [1.29, 1.82) is 0 Å². The zero-order valence-electron chi connectivity index (χ0n) is 17.3. The van der Waals surface area contributed by atoms with Gasteiger partial charge < -0.3 is 0 Å². The van der Waals surface area contributed by atoms with Gasteiger partial charge >= 0.3 is 0 Å². The molecule has 3 rings (SSSR count). The average Bonchev–Trinajstić information content (AvgIpc) is 2.72. The maximum atomic E-state index is 12.5. The van der Waals surface area contributed by atoms with E-state index in [1.807, 2.05) is 13.8 Å². The maximum absolute atomic E-state index is 12.5. The normalized spacial score (nSPS) is 20.2. The number of rotatable bonds is 8. The van der Waals surface area contributed by atoms with Crippen molar-refractivity contribution < 1.29 is 25.2 Å². The third-order valence-electron chi connectivity index (χ3n) is 5.56. The lowest BCUT2D eigenvalue weighted by Gasteiger charge is -2.30. The quantitative estimate of drug-likeness (QED) is 0.558. The first-order valence-corrected chi connectivity index (χ1v) is 12.9. The van der Waals surface area contributed by atoms with E-state index in [0.29, 0.717) is 0 Å². The van der Waals surface area contributed by atoms with Gasteiger partial charge in [-0.15, -0.1) is 0 Å². The van der Waals surface area contributed by atoms with Crippen LogP contribution in [-0.4, -0.2) is 30.0 Å². The molecule has 2 atom stereocenters. The SMILES string of the molecule is Cc1ccc(S(=O)(=O)OC[C@H]2CCCC[C@@H]2COS(=O)(=O)c2ccc(C)cc2)cc1. The topological polar surface area (TPSA) is 86.7 Å². The fourth-order valence-electron chi connectivity index (χ4n) is 3.62. The summed E-state index contributed by atoms with van der Waals surface area (Å²) in [6.45, 7) is 3.81. The van der Waals surface area contributed by atoms with Crippen LogP contribution in [-0.2, 0) is 28.6 Å². The molecule has 0 amide bonds. The summed E-state index contributed by atoms with van der Waals surface area (Å²) in [5, 5.41) is 0. The van der Waals surface area contributed by atoms with Gasteiger partial charge in [-0.05, 0) is 62.8 Å². The second-order valence-electron chi connectivity index (χ2n) is 7.91. The summed E-state index contributed by atoms with van der Waals surface area (Å²) in [6, 6.07) is 13.0. The lowest BCUT2D eigenvalue weighted by molar-refractivity contribution is 0.110. The Hall–Kier alpha value is -1.74. The predicted octanol–water partition coefficient (Wildman–Crippen LogP) is 4.22. The van der Waals surface area contributed by atoms with Crippen LogP contribution in [0.15, 0.2) is 58.3 Å². The molecule has 1 aliphatic rings. The highest BCUT2D eigenvalue weighted by molar-refractivity contribution is 7.87. The van der Waals surface area contributed by atoms with Crippen LogP contribution < -0.4 is 0 Å². The van der Waals surface area contributed by atoms with Crippen molar-refractivity contribution in [2.24, 2.45) is 11.8 Å². The molecule has 0 saturated heterocycles. The summed E-state index contributed by atoms with van der Waals surface area (Å²) < 4.78 is 60.5. The van der Waals surface area contributed by atoms with Crippen molar-refractivity contribution in [3.05, 3.63) is 59.7 Å². The largest absolute Gasteiger partial charge is 0.296 e. The van der Waals surface area contributed by atoms with Gasteiger partial charge in [0.1, 0.15) is 0 Å². The van der Waals surface area contributed by atoms with Gasteiger partial charge in [0.25, 0.3) is 20.2 Å². The molecule has 1 fully saturated rings. The first-order chi connectivity index (χ1) is 14.2. The molecule has 1 saturated carbocycles. The summed E-state index contributed by atoms with van der Waals surface area (Å²) in [5.74, 6) is -0.153. The summed E-state index contributed by atoms with van der Waals surface area (Å²) in [4.78, 5) is 0.248. The molecule has 0 aliphatic heterocycles. The van der Waals surface area contributed by atoms with E-state index >= 15 is 0 Å². The van der Waals surface area contributed by atoms with Crippen LogP contribution >= 0.6 is 0 Å². The summed E-state index contributed by atoms with van der Waals surface area (Å²) >= 11 is 0. The van der Waals surface area contributed by atoms with Crippen LogP contribution in [0.2, 0.25) is 0 Å². The minimum atomic E-state index is -3.85. The molecule has 0 radical (unpaired) electrons. The fraction of sp³-hybridized carbons (Fsp3) is 0.455. The Kier molecular flexibility index (Phi) is 7.34. The van der Waals surface area contributed by atoms with Crippen molar-refractivity contribution in [3.63, 3.8) is 0 Å². The van der Waals surface area contributed by atoms with Crippen molar-refractivity contribution in [2.45, 2.75) is 49.3 Å². The van der Waals surface area contributed by atoms with Crippen molar-refractivity contribution >= 4 is 20.2 Å². The molecule has 0 N–H and O–H groups in total. The molecule has 0 bridgehead atoms. The smallest absolute Gasteiger partial charge is 0.266 e. The number of aryl methyl sites for hydroxylation is 2. The Morgan fingerprint density at radius 2 is 1.00 bits per heavy atom. The Morgan fingerprint density at radius 1 is 0.667 bits per heavy atom. The maximum Gasteiger partial charge on any atom is 0.296 e. The highest BCUT2D eigenvalue weighted by Crippen LogP contribution is 2.32. The molecule has 1 aliphatic carbocycles. The van der Waals surface area contributed by atoms with Crippen molar-refractivity contribution in [2.75, 3.05) is 13.2 Å². The van der Waals surface area contributed by atoms with Crippen LogP contribution in [0.4, 0.5) is 0 Å². The third kappa shape index (κ3) is 5.91. The Balaban J connectivity index is 1.62. The van der Waals surface area contributed by atoms with Crippen LogP contribution in [0.1, 0.15) is 36.8 Å². The van der Waals surface area contributed by atoms with Gasteiger partial charge in [0.05, 0.1) is 23.0 Å². The second kappa shape index (κ2) is 9.60. The van der Waals surface area contributed by atoms with E-state index in [2.05, 4.69) is 0 Å². The van der Waals surface area contributed by atoms with Crippen LogP contribution in [0, 0.1) is 25.7 Å². The van der Waals surface area contributed by atoms with E-state index in [-0.39, 0.29) is 34.8 Å². The van der Waals surface area contributed by atoms with E-state index in [4.69, 9.17) is 8.37 Å². The van der Waals surface area contributed by atoms with Gasteiger partial charge in [0.2, 0.25) is 0 Å². The summed E-state index contributed by atoms with van der Waals surface area (Å²) in [5.41, 5.74) is 1.93. The molecule has 0 heterocycles. The van der Waals surface area contributed by atoms with Crippen molar-refractivity contribution in [3.8, 4) is 0 Å².